The largest absolute Gasteiger partial charge is 0.484 e. The van der Waals surface area contributed by atoms with Gasteiger partial charge in [0, 0.05) is 5.56 Å². The van der Waals surface area contributed by atoms with Gasteiger partial charge in [-0.3, -0.25) is 15.4 Å². The van der Waals surface area contributed by atoms with Crippen LogP contribution >= 0.6 is 0 Å². The second-order valence-electron chi connectivity index (χ2n) is 4.82. The smallest absolute Gasteiger partial charge is 0.329 e. The number of carbonyl (C=O) groups is 1. The van der Waals surface area contributed by atoms with E-state index in [1.54, 1.807) is 26.0 Å². The van der Waals surface area contributed by atoms with E-state index in [-0.39, 0.29) is 18.0 Å². The second-order valence-corrected chi connectivity index (χ2v) is 4.82. The first-order chi connectivity index (χ1) is 9.85. The summed E-state index contributed by atoms with van der Waals surface area (Å²) in [5.41, 5.74) is -0.664. The molecule has 1 atom stereocenters. The number of nitrogens with zero attached hydrogens (tertiary/aromatic N) is 1. The molecule has 1 aromatic carbocycles. The Bertz CT molecular complexity index is 532. The number of ether oxygens (including phenoxy) is 2. The van der Waals surface area contributed by atoms with Crippen molar-refractivity contribution in [2.45, 2.75) is 26.3 Å². The average Bonchev–Trinajstić information content (AvgIpc) is 2.44. The lowest BCUT2D eigenvalue weighted by Crippen LogP contribution is -2.54. The van der Waals surface area contributed by atoms with Crippen LogP contribution in [0, 0.1) is 17.0 Å². The maximum Gasteiger partial charge on any atom is 0.329 e. The molecular formula is C14H20N2O5. The van der Waals surface area contributed by atoms with Crippen molar-refractivity contribution in [2.75, 3.05) is 20.3 Å². The number of hydrogen-bond donors (Lipinski definition) is 1. The molecule has 0 spiro atoms. The van der Waals surface area contributed by atoms with Crippen LogP contribution in [0.5, 0.6) is 5.75 Å². The van der Waals surface area contributed by atoms with Crippen LogP contribution < -0.4 is 10.1 Å². The van der Waals surface area contributed by atoms with Crippen molar-refractivity contribution in [3.05, 3.63) is 33.9 Å². The number of para-hydroxylation sites is 1. The van der Waals surface area contributed by atoms with E-state index in [1.165, 1.54) is 13.2 Å². The number of hydrogen-bond acceptors (Lipinski definition) is 6. The fourth-order valence-electron chi connectivity index (χ4n) is 2.00. The molecule has 116 valence electrons. The second kappa shape index (κ2) is 7.03. The molecule has 1 N–H and O–H groups in total. The van der Waals surface area contributed by atoms with Crippen LogP contribution in [0.2, 0.25) is 0 Å². The third-order valence-electron chi connectivity index (χ3n) is 3.10. The van der Waals surface area contributed by atoms with Crippen molar-refractivity contribution in [1.82, 2.24) is 5.32 Å². The zero-order valence-electron chi connectivity index (χ0n) is 12.6. The highest BCUT2D eigenvalue weighted by Gasteiger charge is 2.35. The van der Waals surface area contributed by atoms with Gasteiger partial charge in [-0.1, -0.05) is 19.1 Å². The maximum absolute atomic E-state index is 11.8. The van der Waals surface area contributed by atoms with Crippen LogP contribution in [0.4, 0.5) is 5.69 Å². The van der Waals surface area contributed by atoms with Crippen LogP contribution in [0.3, 0.4) is 0 Å². The van der Waals surface area contributed by atoms with Gasteiger partial charge in [-0.05, 0) is 26.5 Å². The maximum atomic E-state index is 11.8. The van der Waals surface area contributed by atoms with Gasteiger partial charge in [-0.25, -0.2) is 4.79 Å². The summed E-state index contributed by atoms with van der Waals surface area (Å²) in [5, 5.41) is 14.1. The molecule has 0 amide bonds. The molecule has 0 heterocycles. The first-order valence-corrected chi connectivity index (χ1v) is 6.56. The van der Waals surface area contributed by atoms with Crippen LogP contribution in [0.15, 0.2) is 18.2 Å². The third-order valence-corrected chi connectivity index (χ3v) is 3.10. The molecule has 0 saturated heterocycles. The van der Waals surface area contributed by atoms with Gasteiger partial charge in [0.15, 0.2) is 5.75 Å². The average molecular weight is 296 g/mol. The fraction of sp³-hybridized carbons (Fsp3) is 0.500. The zero-order valence-corrected chi connectivity index (χ0v) is 12.6. The number of methoxy groups -OCH3 is 1. The predicted molar refractivity (Wildman–Crippen MR) is 77.4 cm³/mol. The van der Waals surface area contributed by atoms with Crippen molar-refractivity contribution < 1.29 is 19.2 Å². The van der Waals surface area contributed by atoms with Crippen molar-refractivity contribution >= 4 is 11.7 Å². The lowest BCUT2D eigenvalue weighted by Gasteiger charge is -2.27. The minimum absolute atomic E-state index is 0.0716. The summed E-state index contributed by atoms with van der Waals surface area (Å²) in [5.74, 6) is -0.354. The first-order valence-electron chi connectivity index (χ1n) is 6.56. The molecule has 0 fully saturated rings. The van der Waals surface area contributed by atoms with E-state index in [0.717, 1.165) is 0 Å². The van der Waals surface area contributed by atoms with Gasteiger partial charge in [0.25, 0.3) is 0 Å². The number of esters is 1. The van der Waals surface area contributed by atoms with Crippen molar-refractivity contribution in [1.29, 1.82) is 0 Å². The van der Waals surface area contributed by atoms with E-state index in [4.69, 9.17) is 9.47 Å². The Kier molecular flexibility index (Phi) is 5.66. The highest BCUT2D eigenvalue weighted by atomic mass is 16.6. The molecule has 0 aliphatic rings. The molecule has 1 aromatic rings. The van der Waals surface area contributed by atoms with Gasteiger partial charge in [-0.15, -0.1) is 0 Å². The van der Waals surface area contributed by atoms with Crippen molar-refractivity contribution in [3.8, 4) is 5.75 Å². The SMILES string of the molecule is CCNC(C)(COc1cccc(C)c1[N+](=O)[O-])C(=O)OC. The Hall–Kier alpha value is -2.15. The highest BCUT2D eigenvalue weighted by molar-refractivity contribution is 5.80. The number of aryl methyl sites for hydroxylation is 1. The van der Waals surface area contributed by atoms with Crippen LogP contribution in [0.1, 0.15) is 19.4 Å². The highest BCUT2D eigenvalue weighted by Crippen LogP contribution is 2.30. The molecule has 1 unspecified atom stereocenters. The van der Waals surface area contributed by atoms with Crippen molar-refractivity contribution in [2.24, 2.45) is 0 Å². The molecule has 1 rings (SSSR count). The first kappa shape index (κ1) is 16.9. The number of nitrogens with one attached hydrogen (secondary N) is 1. The Morgan fingerprint density at radius 3 is 2.67 bits per heavy atom. The fourth-order valence-corrected chi connectivity index (χ4v) is 2.00. The summed E-state index contributed by atoms with van der Waals surface area (Å²) >= 11 is 0. The van der Waals surface area contributed by atoms with Gasteiger partial charge < -0.3 is 9.47 Å². The molecule has 0 aliphatic carbocycles. The van der Waals surface area contributed by atoms with Gasteiger partial charge in [-0.2, -0.15) is 0 Å². The number of likely N-dealkylation sites (N-methyl/N-ethyl adjacent to an activating group) is 1. The van der Waals surface area contributed by atoms with Crippen LogP contribution in [-0.4, -0.2) is 36.7 Å². The van der Waals surface area contributed by atoms with E-state index in [1.807, 2.05) is 6.92 Å². The standard InChI is InChI=1S/C14H20N2O5/c1-5-15-14(3,13(17)20-4)9-21-11-8-6-7-10(2)12(11)16(18)19/h6-8,15H,5,9H2,1-4H3. The molecule has 7 nitrogen and oxygen atoms in total. The minimum atomic E-state index is -1.07. The Labute approximate surface area is 123 Å². The quantitative estimate of drug-likeness (QED) is 0.469. The molecule has 0 aromatic heterocycles. The number of rotatable bonds is 7. The molecule has 0 radical (unpaired) electrons. The molecule has 0 bridgehead atoms. The van der Waals surface area contributed by atoms with Gasteiger partial charge in [0.05, 0.1) is 12.0 Å². The lowest BCUT2D eigenvalue weighted by molar-refractivity contribution is -0.386. The summed E-state index contributed by atoms with van der Waals surface area (Å²) in [6, 6.07) is 4.81. The number of nitro benzene ring substituents is 1. The number of benzene rings is 1. The summed E-state index contributed by atoms with van der Waals surface area (Å²) < 4.78 is 10.3. The van der Waals surface area contributed by atoms with E-state index in [9.17, 15) is 14.9 Å². The minimum Gasteiger partial charge on any atom is -0.484 e. The van der Waals surface area contributed by atoms with E-state index >= 15 is 0 Å². The van der Waals surface area contributed by atoms with E-state index in [2.05, 4.69) is 5.32 Å². The van der Waals surface area contributed by atoms with Gasteiger partial charge in [0.2, 0.25) is 0 Å². The lowest BCUT2D eigenvalue weighted by atomic mass is 10.0. The topological polar surface area (TPSA) is 90.7 Å². The molecule has 0 aliphatic heterocycles. The normalized spacial score (nSPS) is 13.3. The Morgan fingerprint density at radius 2 is 2.14 bits per heavy atom. The summed E-state index contributed by atoms with van der Waals surface area (Å²) in [4.78, 5) is 22.4. The van der Waals surface area contributed by atoms with Crippen molar-refractivity contribution in [3.63, 3.8) is 0 Å². The number of nitro groups is 1. The van der Waals surface area contributed by atoms with Crippen LogP contribution in [-0.2, 0) is 9.53 Å². The zero-order chi connectivity index (χ0) is 16.0. The summed E-state index contributed by atoms with van der Waals surface area (Å²) in [6.07, 6.45) is 0. The molecular weight excluding hydrogens is 276 g/mol. The Morgan fingerprint density at radius 1 is 1.48 bits per heavy atom. The summed E-state index contributed by atoms with van der Waals surface area (Å²) in [7, 11) is 1.28. The summed E-state index contributed by atoms with van der Waals surface area (Å²) in [6.45, 7) is 5.57. The molecule has 21 heavy (non-hydrogen) atoms. The van der Waals surface area contributed by atoms with E-state index in [0.29, 0.717) is 12.1 Å². The molecule has 0 saturated carbocycles. The van der Waals surface area contributed by atoms with Gasteiger partial charge >= 0.3 is 11.7 Å². The van der Waals surface area contributed by atoms with Crippen LogP contribution in [0.25, 0.3) is 0 Å². The number of carbonyl (C=O) groups excluding carboxylic acids is 1. The van der Waals surface area contributed by atoms with E-state index < -0.39 is 16.4 Å². The monoisotopic (exact) mass is 296 g/mol. The molecule has 7 heteroatoms. The predicted octanol–water partition coefficient (Wildman–Crippen LogP) is 1.82. The Balaban J connectivity index is 2.99. The van der Waals surface area contributed by atoms with Gasteiger partial charge in [0.1, 0.15) is 12.1 Å². The third kappa shape index (κ3) is 3.91.